The van der Waals surface area contributed by atoms with E-state index in [1.165, 1.54) is 17.5 Å². The molecule has 3 rings (SSSR count). The molecule has 2 nitrogen and oxygen atoms in total. The van der Waals surface area contributed by atoms with Crippen LogP contribution in [0, 0.1) is 11.3 Å². The van der Waals surface area contributed by atoms with Gasteiger partial charge in [-0.3, -0.25) is 0 Å². The van der Waals surface area contributed by atoms with E-state index in [1.807, 2.05) is 0 Å². The third-order valence-corrected chi connectivity index (χ3v) is 5.33. The van der Waals surface area contributed by atoms with Crippen LogP contribution < -0.4 is 5.32 Å². The monoisotopic (exact) mass is 273 g/mol. The van der Waals surface area contributed by atoms with E-state index in [2.05, 4.69) is 50.4 Å². The first-order valence-corrected chi connectivity index (χ1v) is 7.96. The van der Waals surface area contributed by atoms with Crippen molar-refractivity contribution in [1.82, 2.24) is 5.32 Å². The summed E-state index contributed by atoms with van der Waals surface area (Å²) >= 11 is 0. The zero-order valence-electron chi connectivity index (χ0n) is 12.9. The maximum absolute atomic E-state index is 11.6. The van der Waals surface area contributed by atoms with Gasteiger partial charge in [-0.2, -0.15) is 0 Å². The fourth-order valence-corrected chi connectivity index (χ4v) is 4.45. The van der Waals surface area contributed by atoms with E-state index in [0.717, 1.165) is 25.8 Å². The first-order chi connectivity index (χ1) is 9.43. The fourth-order valence-electron chi connectivity index (χ4n) is 4.45. The molecule has 20 heavy (non-hydrogen) atoms. The van der Waals surface area contributed by atoms with Gasteiger partial charge >= 0.3 is 0 Å². The summed E-state index contributed by atoms with van der Waals surface area (Å²) in [6.07, 6.45) is 4.45. The lowest BCUT2D eigenvalue weighted by atomic mass is 9.60. The van der Waals surface area contributed by atoms with Gasteiger partial charge in [-0.1, -0.05) is 57.9 Å². The topological polar surface area (TPSA) is 32.3 Å². The number of hydrogen-bond acceptors (Lipinski definition) is 2. The van der Waals surface area contributed by atoms with E-state index in [4.69, 9.17) is 0 Å². The van der Waals surface area contributed by atoms with Gasteiger partial charge in [0.05, 0.1) is 11.6 Å². The van der Waals surface area contributed by atoms with Gasteiger partial charge in [0.25, 0.3) is 0 Å². The second kappa shape index (κ2) is 4.85. The zero-order chi connectivity index (χ0) is 14.4. The minimum atomic E-state index is -0.608. The van der Waals surface area contributed by atoms with Gasteiger partial charge in [0.15, 0.2) is 0 Å². The van der Waals surface area contributed by atoms with Crippen molar-refractivity contribution >= 4 is 0 Å². The highest BCUT2D eigenvalue weighted by atomic mass is 16.3. The number of rotatable bonds is 1. The third-order valence-electron chi connectivity index (χ3n) is 5.33. The summed E-state index contributed by atoms with van der Waals surface area (Å²) in [4.78, 5) is 0. The molecule has 1 aromatic rings. The molecule has 1 saturated carbocycles. The Hall–Kier alpha value is -0.860. The minimum absolute atomic E-state index is 0.100. The highest BCUT2D eigenvalue weighted by Gasteiger charge is 2.51. The molecule has 2 heteroatoms. The SMILES string of the molecule is CC(C)(C)C1CCCCC1(O)C1NCc2ccccc21. The van der Waals surface area contributed by atoms with Gasteiger partial charge in [0, 0.05) is 6.54 Å². The summed E-state index contributed by atoms with van der Waals surface area (Å²) in [5.41, 5.74) is 2.20. The van der Waals surface area contributed by atoms with Crippen LogP contribution in [0.2, 0.25) is 0 Å². The van der Waals surface area contributed by atoms with Crippen molar-refractivity contribution in [3.05, 3.63) is 35.4 Å². The second-order valence-electron chi connectivity index (χ2n) is 7.67. The molecule has 0 radical (unpaired) electrons. The number of benzene rings is 1. The molecule has 1 fully saturated rings. The summed E-state index contributed by atoms with van der Waals surface area (Å²) in [6, 6.07) is 8.65. The average Bonchev–Trinajstić information content (AvgIpc) is 2.82. The van der Waals surface area contributed by atoms with Gasteiger partial charge in [-0.25, -0.2) is 0 Å². The van der Waals surface area contributed by atoms with Crippen molar-refractivity contribution in [1.29, 1.82) is 0 Å². The van der Waals surface area contributed by atoms with Crippen molar-refractivity contribution in [2.75, 3.05) is 0 Å². The number of hydrogen-bond donors (Lipinski definition) is 2. The molecule has 0 bridgehead atoms. The molecular weight excluding hydrogens is 246 g/mol. The zero-order valence-corrected chi connectivity index (χ0v) is 12.9. The van der Waals surface area contributed by atoms with Gasteiger partial charge in [-0.15, -0.1) is 0 Å². The molecule has 3 atom stereocenters. The average molecular weight is 273 g/mol. The van der Waals surface area contributed by atoms with E-state index < -0.39 is 5.60 Å². The first kappa shape index (κ1) is 14.1. The van der Waals surface area contributed by atoms with E-state index in [9.17, 15) is 5.11 Å². The predicted molar refractivity (Wildman–Crippen MR) is 82.4 cm³/mol. The van der Waals surface area contributed by atoms with Crippen LogP contribution >= 0.6 is 0 Å². The number of nitrogens with one attached hydrogen (secondary N) is 1. The number of fused-ring (bicyclic) bond motifs is 1. The summed E-state index contributed by atoms with van der Waals surface area (Å²) in [7, 11) is 0. The Kier molecular flexibility index (Phi) is 3.42. The molecule has 110 valence electrons. The van der Waals surface area contributed by atoms with Crippen molar-refractivity contribution in [3.8, 4) is 0 Å². The van der Waals surface area contributed by atoms with Crippen molar-refractivity contribution in [2.45, 2.75) is 64.6 Å². The van der Waals surface area contributed by atoms with Crippen LogP contribution in [-0.4, -0.2) is 10.7 Å². The molecule has 2 N–H and O–H groups in total. The van der Waals surface area contributed by atoms with Crippen LogP contribution in [-0.2, 0) is 6.54 Å². The summed E-state index contributed by atoms with van der Waals surface area (Å²) in [5.74, 6) is 0.354. The van der Waals surface area contributed by atoms with E-state index >= 15 is 0 Å². The molecular formula is C18H27NO. The molecule has 0 amide bonds. The normalized spacial score (nSPS) is 34.0. The van der Waals surface area contributed by atoms with E-state index in [0.29, 0.717) is 5.92 Å². The van der Waals surface area contributed by atoms with Crippen LogP contribution in [0.15, 0.2) is 24.3 Å². The van der Waals surface area contributed by atoms with Gasteiger partial charge in [-0.05, 0) is 35.3 Å². The Balaban J connectivity index is 1.98. The highest BCUT2D eigenvalue weighted by molar-refractivity contribution is 5.36. The summed E-state index contributed by atoms with van der Waals surface area (Å²) in [6.45, 7) is 7.71. The Labute approximate surface area is 122 Å². The summed E-state index contributed by atoms with van der Waals surface area (Å²) in [5, 5.41) is 15.1. The maximum atomic E-state index is 11.6. The quantitative estimate of drug-likeness (QED) is 0.815. The molecule has 1 heterocycles. The summed E-state index contributed by atoms with van der Waals surface area (Å²) < 4.78 is 0. The minimum Gasteiger partial charge on any atom is -0.388 e. The Morgan fingerprint density at radius 3 is 2.70 bits per heavy atom. The van der Waals surface area contributed by atoms with Crippen molar-refractivity contribution in [2.24, 2.45) is 11.3 Å². The first-order valence-electron chi connectivity index (χ1n) is 7.96. The van der Waals surface area contributed by atoms with Crippen LogP contribution in [0.1, 0.15) is 63.6 Å². The van der Waals surface area contributed by atoms with Crippen LogP contribution in [0.5, 0.6) is 0 Å². The predicted octanol–water partition coefficient (Wildman–Crippen LogP) is 3.80. The molecule has 2 aliphatic rings. The lowest BCUT2D eigenvalue weighted by molar-refractivity contribution is -0.113. The van der Waals surface area contributed by atoms with Gasteiger partial charge in [0.2, 0.25) is 0 Å². The molecule has 0 saturated heterocycles. The second-order valence-corrected chi connectivity index (χ2v) is 7.67. The molecule has 1 aliphatic carbocycles. The van der Waals surface area contributed by atoms with Gasteiger partial charge < -0.3 is 10.4 Å². The molecule has 3 unspecified atom stereocenters. The van der Waals surface area contributed by atoms with Crippen molar-refractivity contribution < 1.29 is 5.11 Å². The molecule has 1 aliphatic heterocycles. The standard InChI is InChI=1S/C18H27NO/c1-17(2,3)15-10-6-7-11-18(15,20)16-14-9-5-4-8-13(14)12-19-16/h4-5,8-9,15-16,19-20H,6-7,10-12H2,1-3H3. The molecule has 0 aromatic heterocycles. The Morgan fingerprint density at radius 2 is 1.95 bits per heavy atom. The molecule has 0 spiro atoms. The van der Waals surface area contributed by atoms with Crippen molar-refractivity contribution in [3.63, 3.8) is 0 Å². The van der Waals surface area contributed by atoms with E-state index in [1.54, 1.807) is 0 Å². The Morgan fingerprint density at radius 1 is 1.20 bits per heavy atom. The maximum Gasteiger partial charge on any atom is 0.0874 e. The largest absolute Gasteiger partial charge is 0.388 e. The van der Waals surface area contributed by atoms with E-state index in [-0.39, 0.29) is 11.5 Å². The smallest absolute Gasteiger partial charge is 0.0874 e. The number of aliphatic hydroxyl groups is 1. The lowest BCUT2D eigenvalue weighted by Gasteiger charge is -2.50. The lowest BCUT2D eigenvalue weighted by Crippen LogP contribution is -2.53. The molecule has 1 aromatic carbocycles. The van der Waals surface area contributed by atoms with Crippen LogP contribution in [0.3, 0.4) is 0 Å². The van der Waals surface area contributed by atoms with Gasteiger partial charge in [0.1, 0.15) is 0 Å². The van der Waals surface area contributed by atoms with Crippen LogP contribution in [0.25, 0.3) is 0 Å². The fraction of sp³-hybridized carbons (Fsp3) is 0.667. The van der Waals surface area contributed by atoms with Crippen LogP contribution in [0.4, 0.5) is 0 Å². The third kappa shape index (κ3) is 2.19. The highest BCUT2D eigenvalue weighted by Crippen LogP contribution is 2.51. The Bertz CT molecular complexity index is 490.